The van der Waals surface area contributed by atoms with E-state index >= 15 is 0 Å². The van der Waals surface area contributed by atoms with Gasteiger partial charge >= 0.3 is 6.03 Å². The van der Waals surface area contributed by atoms with Crippen LogP contribution in [0.2, 0.25) is 0 Å². The van der Waals surface area contributed by atoms with Crippen molar-refractivity contribution < 1.29 is 9.21 Å². The van der Waals surface area contributed by atoms with Gasteiger partial charge in [-0.25, -0.2) is 4.79 Å². The highest BCUT2D eigenvalue weighted by Crippen LogP contribution is 2.26. The number of carbonyl (C=O) groups excluding carboxylic acids is 1. The Kier molecular flexibility index (Phi) is 5.55. The zero-order chi connectivity index (χ0) is 19.7. The van der Waals surface area contributed by atoms with Crippen LogP contribution in [0.5, 0.6) is 0 Å². The molecule has 8 nitrogen and oxygen atoms in total. The fourth-order valence-corrected chi connectivity index (χ4v) is 3.60. The van der Waals surface area contributed by atoms with Crippen molar-refractivity contribution in [2.75, 3.05) is 27.2 Å². The summed E-state index contributed by atoms with van der Waals surface area (Å²) in [5.74, 6) is 2.02. The van der Waals surface area contributed by atoms with Crippen molar-refractivity contribution in [3.05, 3.63) is 23.7 Å². The third kappa shape index (κ3) is 4.16. The number of nitrogens with one attached hydrogen (secondary N) is 1. The van der Waals surface area contributed by atoms with Crippen LogP contribution < -0.4 is 5.32 Å². The molecule has 0 saturated carbocycles. The van der Waals surface area contributed by atoms with Gasteiger partial charge in [0.05, 0.1) is 6.54 Å². The maximum absolute atomic E-state index is 12.1. The standard InChI is InChI=1S/C19H30N6O2/c1-12(2)14-9-25(10-15(14)20-19(26)23(4)5)11-17-21-22-18(27-17)16-8-7-13(3)24(16)6/h7-8,12,14-15H,9-11H2,1-6H3,(H,20,26)/t14-,15+/m0/s1. The number of likely N-dealkylation sites (tertiary alicyclic amines) is 1. The van der Waals surface area contributed by atoms with E-state index in [4.69, 9.17) is 4.42 Å². The molecule has 0 aliphatic carbocycles. The normalized spacial score (nSPS) is 20.4. The Morgan fingerprint density at radius 3 is 2.67 bits per heavy atom. The molecule has 1 aliphatic heterocycles. The first-order valence-corrected chi connectivity index (χ1v) is 9.41. The number of aryl methyl sites for hydroxylation is 1. The smallest absolute Gasteiger partial charge is 0.317 e. The minimum absolute atomic E-state index is 0.0494. The van der Waals surface area contributed by atoms with Gasteiger partial charge in [0, 0.05) is 46.0 Å². The molecule has 0 aromatic carbocycles. The van der Waals surface area contributed by atoms with Gasteiger partial charge < -0.3 is 19.2 Å². The van der Waals surface area contributed by atoms with Crippen molar-refractivity contribution >= 4 is 6.03 Å². The molecule has 1 fully saturated rings. The van der Waals surface area contributed by atoms with Gasteiger partial charge in [-0.3, -0.25) is 4.90 Å². The number of carbonyl (C=O) groups is 1. The Hall–Kier alpha value is -2.35. The van der Waals surface area contributed by atoms with Gasteiger partial charge in [-0.15, -0.1) is 10.2 Å². The van der Waals surface area contributed by atoms with Gasteiger partial charge in [-0.1, -0.05) is 13.8 Å². The van der Waals surface area contributed by atoms with Crippen LogP contribution in [0.4, 0.5) is 4.79 Å². The Balaban J connectivity index is 1.67. The number of hydrogen-bond donors (Lipinski definition) is 1. The van der Waals surface area contributed by atoms with Gasteiger partial charge in [0.25, 0.3) is 5.89 Å². The zero-order valence-electron chi connectivity index (χ0n) is 17.1. The van der Waals surface area contributed by atoms with Crippen molar-refractivity contribution in [1.82, 2.24) is 29.9 Å². The molecule has 8 heteroatoms. The second kappa shape index (κ2) is 7.72. The lowest BCUT2D eigenvalue weighted by Gasteiger charge is -2.24. The molecule has 2 aromatic rings. The first-order valence-electron chi connectivity index (χ1n) is 9.41. The molecule has 0 spiro atoms. The maximum atomic E-state index is 12.1. The van der Waals surface area contributed by atoms with Crippen molar-refractivity contribution in [2.45, 2.75) is 33.4 Å². The van der Waals surface area contributed by atoms with E-state index < -0.39 is 0 Å². The summed E-state index contributed by atoms with van der Waals surface area (Å²) in [4.78, 5) is 15.9. The number of rotatable bonds is 5. The Labute approximate surface area is 160 Å². The lowest BCUT2D eigenvalue weighted by atomic mass is 9.91. The van der Waals surface area contributed by atoms with Gasteiger partial charge in [-0.2, -0.15) is 0 Å². The summed E-state index contributed by atoms with van der Waals surface area (Å²) in [6.45, 7) is 8.71. The Morgan fingerprint density at radius 1 is 1.33 bits per heavy atom. The minimum Gasteiger partial charge on any atom is -0.418 e. The fraction of sp³-hybridized carbons (Fsp3) is 0.632. The molecule has 2 amide bonds. The van der Waals surface area contributed by atoms with Gasteiger partial charge in [0.1, 0.15) is 5.69 Å². The summed E-state index contributed by atoms with van der Waals surface area (Å²) in [5, 5.41) is 11.6. The summed E-state index contributed by atoms with van der Waals surface area (Å²) in [7, 11) is 5.51. The molecule has 2 aromatic heterocycles. The summed E-state index contributed by atoms with van der Waals surface area (Å²) in [6.07, 6.45) is 0. The molecule has 1 saturated heterocycles. The average Bonchev–Trinajstić information content (AvgIpc) is 3.29. The summed E-state index contributed by atoms with van der Waals surface area (Å²) in [5.41, 5.74) is 2.06. The number of urea groups is 1. The number of amides is 2. The predicted molar refractivity (Wildman–Crippen MR) is 103 cm³/mol. The monoisotopic (exact) mass is 374 g/mol. The fourth-order valence-electron chi connectivity index (χ4n) is 3.60. The van der Waals surface area contributed by atoms with Crippen molar-refractivity contribution in [3.63, 3.8) is 0 Å². The van der Waals surface area contributed by atoms with Crippen LogP contribution in [0, 0.1) is 18.8 Å². The number of hydrogen-bond acceptors (Lipinski definition) is 5. The van der Waals surface area contributed by atoms with Gasteiger partial charge in [0.15, 0.2) is 0 Å². The Morgan fingerprint density at radius 2 is 2.07 bits per heavy atom. The molecule has 2 atom stereocenters. The molecule has 0 unspecified atom stereocenters. The second-order valence-electron chi connectivity index (χ2n) is 7.97. The quantitative estimate of drug-likeness (QED) is 0.867. The molecule has 1 N–H and O–H groups in total. The molecule has 148 valence electrons. The largest absolute Gasteiger partial charge is 0.418 e. The first kappa shape index (κ1) is 19.4. The van der Waals surface area contributed by atoms with Gasteiger partial charge in [-0.05, 0) is 30.9 Å². The molecule has 3 heterocycles. The number of nitrogens with zero attached hydrogens (tertiary/aromatic N) is 5. The van der Waals surface area contributed by atoms with Crippen LogP contribution in [0.3, 0.4) is 0 Å². The predicted octanol–water partition coefficient (Wildman–Crippen LogP) is 2.11. The maximum Gasteiger partial charge on any atom is 0.317 e. The summed E-state index contributed by atoms with van der Waals surface area (Å²) >= 11 is 0. The summed E-state index contributed by atoms with van der Waals surface area (Å²) < 4.78 is 7.93. The minimum atomic E-state index is -0.0494. The average molecular weight is 374 g/mol. The van der Waals surface area contributed by atoms with E-state index in [1.165, 1.54) is 0 Å². The van der Waals surface area contributed by atoms with Crippen molar-refractivity contribution in [3.8, 4) is 11.6 Å². The highest BCUT2D eigenvalue weighted by atomic mass is 16.4. The van der Waals surface area contributed by atoms with Gasteiger partial charge in [0.2, 0.25) is 5.89 Å². The third-order valence-corrected chi connectivity index (χ3v) is 5.43. The lowest BCUT2D eigenvalue weighted by molar-refractivity contribution is 0.207. The highest BCUT2D eigenvalue weighted by molar-refractivity contribution is 5.73. The lowest BCUT2D eigenvalue weighted by Crippen LogP contribution is -2.46. The van der Waals surface area contributed by atoms with Crippen molar-refractivity contribution in [1.29, 1.82) is 0 Å². The topological polar surface area (TPSA) is 79.4 Å². The van der Waals surface area contributed by atoms with E-state index in [1.807, 2.05) is 30.7 Å². The molecular formula is C19H30N6O2. The molecule has 0 radical (unpaired) electrons. The Bertz CT molecular complexity index is 794. The van der Waals surface area contributed by atoms with Crippen LogP contribution >= 0.6 is 0 Å². The molecule has 0 bridgehead atoms. The van der Waals surface area contributed by atoms with E-state index in [-0.39, 0.29) is 12.1 Å². The van der Waals surface area contributed by atoms with Crippen LogP contribution in [-0.2, 0) is 13.6 Å². The van der Waals surface area contributed by atoms with Crippen LogP contribution in [0.1, 0.15) is 25.4 Å². The van der Waals surface area contributed by atoms with Crippen LogP contribution in [0.15, 0.2) is 16.5 Å². The second-order valence-corrected chi connectivity index (χ2v) is 7.97. The van der Waals surface area contributed by atoms with E-state index in [9.17, 15) is 4.79 Å². The summed E-state index contributed by atoms with van der Waals surface area (Å²) in [6, 6.07) is 4.10. The number of aromatic nitrogens is 3. The van der Waals surface area contributed by atoms with Crippen LogP contribution in [-0.4, -0.2) is 63.8 Å². The SMILES string of the molecule is Cc1ccc(-c2nnc(CN3C[C@@H](NC(=O)N(C)C)[C@H](C(C)C)C3)o2)n1C. The van der Waals surface area contributed by atoms with E-state index in [1.54, 1.807) is 19.0 Å². The zero-order valence-corrected chi connectivity index (χ0v) is 17.1. The third-order valence-electron chi connectivity index (χ3n) is 5.43. The first-order chi connectivity index (χ1) is 12.8. The van der Waals surface area contributed by atoms with E-state index in [0.29, 0.717) is 30.2 Å². The molecule has 3 rings (SSSR count). The van der Waals surface area contributed by atoms with Crippen LogP contribution in [0.25, 0.3) is 11.6 Å². The van der Waals surface area contributed by atoms with Crippen molar-refractivity contribution in [2.24, 2.45) is 18.9 Å². The van der Waals surface area contributed by atoms with E-state index in [0.717, 1.165) is 24.5 Å². The molecule has 1 aliphatic rings. The molecule has 27 heavy (non-hydrogen) atoms. The highest BCUT2D eigenvalue weighted by Gasteiger charge is 2.36. The molecular weight excluding hydrogens is 344 g/mol. The van der Waals surface area contributed by atoms with E-state index in [2.05, 4.69) is 34.3 Å².